The zero-order valence-corrected chi connectivity index (χ0v) is 14.4. The van der Waals surface area contributed by atoms with E-state index in [0.717, 1.165) is 12.1 Å². The molecule has 0 aliphatic heterocycles. The lowest BCUT2D eigenvalue weighted by Crippen LogP contribution is -2.43. The highest BCUT2D eigenvalue weighted by Gasteiger charge is 2.51. The van der Waals surface area contributed by atoms with E-state index in [1.165, 1.54) is 12.1 Å². The van der Waals surface area contributed by atoms with E-state index in [1.54, 1.807) is 4.90 Å². The molecule has 0 aromatic heterocycles. The fourth-order valence-electron chi connectivity index (χ4n) is 3.20. The van der Waals surface area contributed by atoms with Gasteiger partial charge in [0.1, 0.15) is 0 Å². The van der Waals surface area contributed by atoms with Gasteiger partial charge in [-0.25, -0.2) is 0 Å². The molecule has 7 heteroatoms. The monoisotopic (exact) mass is 359 g/mol. The van der Waals surface area contributed by atoms with Crippen molar-refractivity contribution in [2.24, 2.45) is 0 Å². The molecule has 1 atom stereocenters. The molecule has 0 saturated heterocycles. The van der Waals surface area contributed by atoms with Gasteiger partial charge in [-0.1, -0.05) is 12.1 Å². The number of nitrogens with zero attached hydrogens (tertiary/aromatic N) is 1. The molecule has 0 bridgehead atoms. The molecule has 1 aliphatic carbocycles. The number of carbonyl (C=O) groups excluding carboxylic acids is 1. The molecule has 2 N–H and O–H groups in total. The topological polar surface area (TPSA) is 60.8 Å². The third-order valence-corrected chi connectivity index (χ3v) is 4.95. The van der Waals surface area contributed by atoms with E-state index in [0.29, 0.717) is 39.2 Å². The predicted octanol–water partition coefficient (Wildman–Crippen LogP) is 3.22. The lowest BCUT2D eigenvalue weighted by molar-refractivity contribution is -0.258. The third-order valence-electron chi connectivity index (χ3n) is 4.95. The molecule has 140 valence electrons. The Bertz CT molecular complexity index is 591. The lowest BCUT2D eigenvalue weighted by Gasteiger charge is -2.35. The van der Waals surface area contributed by atoms with Crippen LogP contribution in [-0.2, 0) is 5.60 Å². The van der Waals surface area contributed by atoms with Crippen LogP contribution in [0.5, 0.6) is 0 Å². The Balaban J connectivity index is 2.16. The van der Waals surface area contributed by atoms with Crippen LogP contribution in [0.1, 0.15) is 55.5 Å². The standard InChI is InChI=1S/C18H24F3NO3/c1-3-22(14-8-10-15(23)11-9-14)16(24)12-4-6-13(7-5-12)17(2,25)18(19,20)21/h4-7,14-15,23,25H,3,8-11H2,1-2H3/t14-,15-,17-/m0/s1. The Hall–Kier alpha value is -1.60. The van der Waals surface area contributed by atoms with Gasteiger partial charge in [-0.05, 0) is 57.2 Å². The summed E-state index contributed by atoms with van der Waals surface area (Å²) in [7, 11) is 0. The summed E-state index contributed by atoms with van der Waals surface area (Å²) in [6.45, 7) is 3.03. The maximum Gasteiger partial charge on any atom is 0.421 e. The maximum absolute atomic E-state index is 12.9. The minimum absolute atomic E-state index is 0.0267. The molecule has 1 aromatic carbocycles. The number of benzene rings is 1. The molecule has 0 spiro atoms. The van der Waals surface area contributed by atoms with Gasteiger partial charge in [-0.15, -0.1) is 0 Å². The van der Waals surface area contributed by atoms with Crippen molar-refractivity contribution in [3.05, 3.63) is 35.4 Å². The second-order valence-electron chi connectivity index (χ2n) is 6.70. The number of aliphatic hydroxyl groups excluding tert-OH is 1. The van der Waals surface area contributed by atoms with Gasteiger partial charge in [0.25, 0.3) is 5.91 Å². The van der Waals surface area contributed by atoms with Crippen LogP contribution in [0.15, 0.2) is 24.3 Å². The quantitative estimate of drug-likeness (QED) is 0.868. The van der Waals surface area contributed by atoms with Gasteiger partial charge in [-0.2, -0.15) is 13.2 Å². The van der Waals surface area contributed by atoms with Crippen LogP contribution in [0.25, 0.3) is 0 Å². The summed E-state index contributed by atoms with van der Waals surface area (Å²) < 4.78 is 38.7. The van der Waals surface area contributed by atoms with Crippen LogP contribution < -0.4 is 0 Å². The van der Waals surface area contributed by atoms with Crippen molar-refractivity contribution < 1.29 is 28.2 Å². The number of alkyl halides is 3. The number of carbonyl (C=O) groups is 1. The summed E-state index contributed by atoms with van der Waals surface area (Å²) in [5.74, 6) is -0.248. The Kier molecular flexibility index (Phi) is 5.79. The van der Waals surface area contributed by atoms with Crippen LogP contribution in [0, 0.1) is 0 Å². The smallest absolute Gasteiger partial charge is 0.393 e. The average molecular weight is 359 g/mol. The largest absolute Gasteiger partial charge is 0.421 e. The lowest BCUT2D eigenvalue weighted by atomic mass is 9.91. The van der Waals surface area contributed by atoms with E-state index in [1.807, 2.05) is 6.92 Å². The molecular weight excluding hydrogens is 335 g/mol. The summed E-state index contributed by atoms with van der Waals surface area (Å²) in [4.78, 5) is 14.4. The molecule has 25 heavy (non-hydrogen) atoms. The van der Waals surface area contributed by atoms with E-state index in [4.69, 9.17) is 0 Å². The number of aliphatic hydroxyl groups is 2. The molecule has 1 amide bonds. The molecular formula is C18H24F3NO3. The molecule has 0 radical (unpaired) electrons. The van der Waals surface area contributed by atoms with Crippen LogP contribution in [0.4, 0.5) is 13.2 Å². The van der Waals surface area contributed by atoms with Crippen molar-refractivity contribution in [2.75, 3.05) is 6.54 Å². The molecule has 4 nitrogen and oxygen atoms in total. The van der Waals surface area contributed by atoms with Crippen molar-refractivity contribution in [3.8, 4) is 0 Å². The Morgan fingerprint density at radius 1 is 1.16 bits per heavy atom. The first kappa shape index (κ1) is 19.7. The van der Waals surface area contributed by atoms with E-state index in [9.17, 15) is 28.2 Å². The Morgan fingerprint density at radius 3 is 2.12 bits per heavy atom. The minimum atomic E-state index is -4.79. The molecule has 1 aromatic rings. The van der Waals surface area contributed by atoms with Gasteiger partial charge in [0.15, 0.2) is 5.60 Å². The van der Waals surface area contributed by atoms with Crippen molar-refractivity contribution in [1.29, 1.82) is 0 Å². The van der Waals surface area contributed by atoms with E-state index in [-0.39, 0.29) is 29.2 Å². The SMILES string of the molecule is CCN(C(=O)c1ccc([C@](C)(O)C(F)(F)F)cc1)[C@H]1CC[C@H](O)CC1. The summed E-state index contributed by atoms with van der Waals surface area (Å²) >= 11 is 0. The number of amides is 1. The highest BCUT2D eigenvalue weighted by atomic mass is 19.4. The van der Waals surface area contributed by atoms with Crippen LogP contribution in [0.2, 0.25) is 0 Å². The van der Waals surface area contributed by atoms with E-state index >= 15 is 0 Å². The zero-order valence-electron chi connectivity index (χ0n) is 14.4. The van der Waals surface area contributed by atoms with Crippen LogP contribution >= 0.6 is 0 Å². The van der Waals surface area contributed by atoms with Gasteiger partial charge in [0, 0.05) is 18.2 Å². The van der Waals surface area contributed by atoms with Crippen molar-refractivity contribution in [3.63, 3.8) is 0 Å². The highest BCUT2D eigenvalue weighted by Crippen LogP contribution is 2.38. The zero-order chi connectivity index (χ0) is 18.8. The van der Waals surface area contributed by atoms with Gasteiger partial charge in [0.05, 0.1) is 6.10 Å². The fraction of sp³-hybridized carbons (Fsp3) is 0.611. The molecule has 1 aliphatic rings. The second-order valence-corrected chi connectivity index (χ2v) is 6.70. The molecule has 0 heterocycles. The van der Waals surface area contributed by atoms with Crippen molar-refractivity contribution in [1.82, 2.24) is 4.90 Å². The maximum atomic E-state index is 12.9. The number of hydrogen-bond acceptors (Lipinski definition) is 3. The first-order valence-electron chi connectivity index (χ1n) is 8.46. The van der Waals surface area contributed by atoms with E-state index in [2.05, 4.69) is 0 Å². The number of hydrogen-bond donors (Lipinski definition) is 2. The molecule has 0 unspecified atom stereocenters. The summed E-state index contributed by atoms with van der Waals surface area (Å²) in [5, 5.41) is 19.3. The minimum Gasteiger partial charge on any atom is -0.393 e. The number of rotatable bonds is 4. The Morgan fingerprint density at radius 2 is 1.68 bits per heavy atom. The van der Waals surface area contributed by atoms with Crippen molar-refractivity contribution in [2.45, 2.75) is 63.5 Å². The fourth-order valence-corrected chi connectivity index (χ4v) is 3.20. The summed E-state index contributed by atoms with van der Waals surface area (Å²) in [6, 6.07) is 4.94. The molecule has 2 rings (SSSR count). The van der Waals surface area contributed by atoms with Gasteiger partial charge < -0.3 is 15.1 Å². The van der Waals surface area contributed by atoms with Gasteiger partial charge in [0.2, 0.25) is 0 Å². The molecule has 1 fully saturated rings. The first-order chi connectivity index (χ1) is 11.6. The van der Waals surface area contributed by atoms with Crippen LogP contribution in [-0.4, -0.2) is 45.9 Å². The summed E-state index contributed by atoms with van der Waals surface area (Å²) in [5.41, 5.74) is -2.98. The number of halogens is 3. The molecule has 1 saturated carbocycles. The van der Waals surface area contributed by atoms with E-state index < -0.39 is 11.8 Å². The van der Waals surface area contributed by atoms with Crippen molar-refractivity contribution >= 4 is 5.91 Å². The highest BCUT2D eigenvalue weighted by molar-refractivity contribution is 5.94. The Labute approximate surface area is 145 Å². The first-order valence-corrected chi connectivity index (χ1v) is 8.46. The normalized spacial score (nSPS) is 23.8. The summed E-state index contributed by atoms with van der Waals surface area (Å²) in [6.07, 6.45) is -2.42. The third kappa shape index (κ3) is 4.15. The van der Waals surface area contributed by atoms with Gasteiger partial charge in [-0.3, -0.25) is 4.79 Å². The average Bonchev–Trinajstić information content (AvgIpc) is 2.56. The predicted molar refractivity (Wildman–Crippen MR) is 87.0 cm³/mol. The second kappa shape index (κ2) is 7.33. The van der Waals surface area contributed by atoms with Gasteiger partial charge >= 0.3 is 6.18 Å². The van der Waals surface area contributed by atoms with Crippen LogP contribution in [0.3, 0.4) is 0 Å².